The second-order valence-corrected chi connectivity index (χ2v) is 5.32. The second kappa shape index (κ2) is 7.98. The number of hydrogen-bond donors (Lipinski definition) is 2. The smallest absolute Gasteiger partial charge is 0.261 e. The third-order valence-corrected chi connectivity index (χ3v) is 3.52. The van der Waals surface area contributed by atoms with Crippen molar-refractivity contribution in [1.29, 1.82) is 0 Å². The van der Waals surface area contributed by atoms with Crippen LogP contribution in [0.5, 0.6) is 5.75 Å². The van der Waals surface area contributed by atoms with Gasteiger partial charge in [-0.3, -0.25) is 4.79 Å². The first-order valence-electron chi connectivity index (χ1n) is 7.64. The minimum atomic E-state index is -0.483. The van der Waals surface area contributed by atoms with E-state index >= 15 is 0 Å². The molecule has 2 N–H and O–H groups in total. The molecule has 1 unspecified atom stereocenters. The van der Waals surface area contributed by atoms with Crippen LogP contribution in [-0.2, 0) is 11.3 Å². The Bertz CT molecular complexity index is 479. The summed E-state index contributed by atoms with van der Waals surface area (Å²) >= 11 is 0. The molecule has 0 bridgehead atoms. The average molecular weight is 294 g/mol. The maximum atomic E-state index is 13.4. The molecule has 1 fully saturated rings. The van der Waals surface area contributed by atoms with Crippen LogP contribution in [0.4, 0.5) is 4.39 Å². The van der Waals surface area contributed by atoms with Crippen molar-refractivity contribution in [3.05, 3.63) is 29.6 Å². The van der Waals surface area contributed by atoms with Crippen molar-refractivity contribution in [1.82, 2.24) is 10.6 Å². The Kier molecular flexibility index (Phi) is 5.99. The molecular weight excluding hydrogens is 271 g/mol. The lowest BCUT2D eigenvalue weighted by molar-refractivity contribution is -0.127. The van der Waals surface area contributed by atoms with Crippen LogP contribution >= 0.6 is 0 Å². The lowest BCUT2D eigenvalue weighted by Gasteiger charge is -2.18. The van der Waals surface area contributed by atoms with E-state index in [1.54, 1.807) is 6.07 Å². The van der Waals surface area contributed by atoms with Crippen molar-refractivity contribution in [2.75, 3.05) is 13.1 Å². The van der Waals surface area contributed by atoms with Crippen molar-refractivity contribution < 1.29 is 13.9 Å². The Morgan fingerprint density at radius 3 is 3.10 bits per heavy atom. The molecule has 0 spiro atoms. The predicted molar refractivity (Wildman–Crippen MR) is 79.7 cm³/mol. The molecule has 1 amide bonds. The quantitative estimate of drug-likeness (QED) is 0.792. The van der Waals surface area contributed by atoms with Gasteiger partial charge in [0.1, 0.15) is 11.6 Å². The molecule has 1 aromatic rings. The molecule has 0 saturated carbocycles. The molecule has 1 atom stereocenters. The van der Waals surface area contributed by atoms with E-state index in [2.05, 4.69) is 17.6 Å². The Morgan fingerprint density at radius 1 is 1.43 bits per heavy atom. The highest BCUT2D eigenvalue weighted by atomic mass is 19.1. The molecule has 1 aliphatic rings. The van der Waals surface area contributed by atoms with Gasteiger partial charge in [-0.15, -0.1) is 0 Å². The number of hydrogen-bond acceptors (Lipinski definition) is 3. The molecule has 1 heterocycles. The summed E-state index contributed by atoms with van der Waals surface area (Å²) in [7, 11) is 0. The number of nitrogens with one attached hydrogen (secondary N) is 2. The summed E-state index contributed by atoms with van der Waals surface area (Å²) in [5, 5.41) is 6.08. The molecule has 1 aliphatic heterocycles. The van der Waals surface area contributed by atoms with Gasteiger partial charge in [-0.05, 0) is 50.4 Å². The molecule has 0 aromatic heterocycles. The van der Waals surface area contributed by atoms with E-state index in [1.807, 2.05) is 0 Å². The van der Waals surface area contributed by atoms with Crippen LogP contribution in [0.1, 0.15) is 38.2 Å². The molecule has 21 heavy (non-hydrogen) atoms. The number of carbonyl (C=O) groups is 1. The summed E-state index contributed by atoms with van der Waals surface area (Å²) in [4.78, 5) is 11.9. The number of ether oxygens (including phenoxy) is 1. The summed E-state index contributed by atoms with van der Waals surface area (Å²) in [5.74, 6) is 0.215. The van der Waals surface area contributed by atoms with E-state index in [9.17, 15) is 9.18 Å². The normalized spacial score (nSPS) is 19.0. The van der Waals surface area contributed by atoms with E-state index < -0.39 is 6.10 Å². The van der Waals surface area contributed by atoms with Crippen LogP contribution in [0.2, 0.25) is 0 Å². The molecular formula is C16H23FN2O2. The van der Waals surface area contributed by atoms with Crippen molar-refractivity contribution in [2.45, 2.75) is 45.3 Å². The number of amides is 1. The Balaban J connectivity index is 2.08. The molecule has 1 saturated heterocycles. The highest BCUT2D eigenvalue weighted by Gasteiger charge is 2.23. The fourth-order valence-corrected chi connectivity index (χ4v) is 2.38. The summed E-state index contributed by atoms with van der Waals surface area (Å²) in [6.07, 6.45) is 3.15. The van der Waals surface area contributed by atoms with Crippen LogP contribution in [0.3, 0.4) is 0 Å². The Morgan fingerprint density at radius 2 is 2.29 bits per heavy atom. The highest BCUT2D eigenvalue weighted by Crippen LogP contribution is 2.23. The van der Waals surface area contributed by atoms with Crippen LogP contribution in [0, 0.1) is 5.82 Å². The molecule has 1 aromatic carbocycles. The molecule has 4 nitrogen and oxygen atoms in total. The van der Waals surface area contributed by atoms with Crippen molar-refractivity contribution in [3.63, 3.8) is 0 Å². The minimum absolute atomic E-state index is 0.0794. The van der Waals surface area contributed by atoms with Gasteiger partial charge in [-0.1, -0.05) is 6.92 Å². The minimum Gasteiger partial charge on any atom is -0.480 e. The summed E-state index contributed by atoms with van der Waals surface area (Å²) < 4.78 is 19.3. The molecule has 5 heteroatoms. The maximum Gasteiger partial charge on any atom is 0.261 e. The fourth-order valence-electron chi connectivity index (χ4n) is 2.38. The highest BCUT2D eigenvalue weighted by molar-refractivity contribution is 5.81. The first-order valence-corrected chi connectivity index (χ1v) is 7.64. The van der Waals surface area contributed by atoms with E-state index in [4.69, 9.17) is 4.74 Å². The lowest BCUT2D eigenvalue weighted by atomic mass is 10.1. The zero-order valence-corrected chi connectivity index (χ0v) is 12.5. The number of benzene rings is 1. The maximum absolute atomic E-state index is 13.4. The standard InChI is InChI=1S/C16H23FN2O2/c1-2-8-18-11-12-10-13(17)6-7-14(12)21-15-5-3-4-9-19-16(15)20/h6-7,10,15,18H,2-5,8-9,11H2,1H3,(H,19,20). The van der Waals surface area contributed by atoms with E-state index in [0.29, 0.717) is 25.3 Å². The fraction of sp³-hybridized carbons (Fsp3) is 0.562. The SMILES string of the molecule is CCCNCc1cc(F)ccc1OC1CCCCNC1=O. The van der Waals surface area contributed by atoms with Gasteiger partial charge in [0.2, 0.25) is 0 Å². The first kappa shape index (κ1) is 15.8. The molecule has 2 rings (SSSR count). The van der Waals surface area contributed by atoms with Crippen molar-refractivity contribution in [3.8, 4) is 5.75 Å². The second-order valence-electron chi connectivity index (χ2n) is 5.32. The number of halogens is 1. The van der Waals surface area contributed by atoms with Gasteiger partial charge >= 0.3 is 0 Å². The summed E-state index contributed by atoms with van der Waals surface area (Å²) in [6, 6.07) is 4.44. The zero-order valence-electron chi connectivity index (χ0n) is 12.5. The average Bonchev–Trinajstić information content (AvgIpc) is 2.67. The summed E-state index contributed by atoms with van der Waals surface area (Å²) in [6.45, 7) is 4.17. The predicted octanol–water partition coefficient (Wildman–Crippen LogP) is 2.37. The molecule has 0 aliphatic carbocycles. The van der Waals surface area contributed by atoms with E-state index in [0.717, 1.165) is 31.4 Å². The third kappa shape index (κ3) is 4.70. The van der Waals surface area contributed by atoms with Gasteiger partial charge in [0, 0.05) is 18.7 Å². The van der Waals surface area contributed by atoms with Gasteiger partial charge in [0.25, 0.3) is 5.91 Å². The van der Waals surface area contributed by atoms with E-state index in [-0.39, 0.29) is 11.7 Å². The van der Waals surface area contributed by atoms with Gasteiger partial charge in [0.05, 0.1) is 0 Å². The van der Waals surface area contributed by atoms with Crippen molar-refractivity contribution in [2.24, 2.45) is 0 Å². The van der Waals surface area contributed by atoms with Crippen LogP contribution in [-0.4, -0.2) is 25.1 Å². The third-order valence-electron chi connectivity index (χ3n) is 3.52. The zero-order chi connectivity index (χ0) is 15.1. The monoisotopic (exact) mass is 294 g/mol. The first-order chi connectivity index (χ1) is 10.2. The van der Waals surface area contributed by atoms with Gasteiger partial charge in [-0.2, -0.15) is 0 Å². The van der Waals surface area contributed by atoms with Crippen LogP contribution < -0.4 is 15.4 Å². The van der Waals surface area contributed by atoms with Gasteiger partial charge in [-0.25, -0.2) is 4.39 Å². The van der Waals surface area contributed by atoms with Crippen molar-refractivity contribution >= 4 is 5.91 Å². The molecule has 0 radical (unpaired) electrons. The topological polar surface area (TPSA) is 50.4 Å². The van der Waals surface area contributed by atoms with Gasteiger partial charge in [0.15, 0.2) is 6.10 Å². The van der Waals surface area contributed by atoms with Crippen LogP contribution in [0.25, 0.3) is 0 Å². The Hall–Kier alpha value is -1.62. The summed E-state index contributed by atoms with van der Waals surface area (Å²) in [5.41, 5.74) is 0.750. The van der Waals surface area contributed by atoms with E-state index in [1.165, 1.54) is 12.1 Å². The number of rotatable bonds is 6. The van der Waals surface area contributed by atoms with Crippen LogP contribution in [0.15, 0.2) is 18.2 Å². The molecule has 116 valence electrons. The van der Waals surface area contributed by atoms with Gasteiger partial charge < -0.3 is 15.4 Å². The number of carbonyl (C=O) groups excluding carboxylic acids is 1. The Labute approximate surface area is 125 Å². The largest absolute Gasteiger partial charge is 0.480 e. The lowest BCUT2D eigenvalue weighted by Crippen LogP contribution is -2.36.